The van der Waals surface area contributed by atoms with Gasteiger partial charge in [-0.1, -0.05) is 61.2 Å². The lowest BCUT2D eigenvalue weighted by Crippen LogP contribution is -1.98. The van der Waals surface area contributed by atoms with Gasteiger partial charge in [0.25, 0.3) is 0 Å². The smallest absolute Gasteiger partial charge is 0.160 e. The molecule has 0 aliphatic heterocycles. The predicted octanol–water partition coefficient (Wildman–Crippen LogP) is 6.17. The lowest BCUT2D eigenvalue weighted by atomic mass is 10.0. The van der Waals surface area contributed by atoms with Crippen LogP contribution in [-0.4, -0.2) is 0 Å². The van der Waals surface area contributed by atoms with Crippen molar-refractivity contribution in [2.24, 2.45) is 0 Å². The van der Waals surface area contributed by atoms with Crippen LogP contribution in [0, 0.1) is 18.6 Å². The third kappa shape index (κ3) is 3.18. The molecule has 0 saturated heterocycles. The van der Waals surface area contributed by atoms with Crippen molar-refractivity contribution in [3.8, 4) is 0 Å². The quantitative estimate of drug-likeness (QED) is 0.410. The first kappa shape index (κ1) is 14.9. The summed E-state index contributed by atoms with van der Waals surface area (Å²) in [7, 11) is 0. The number of aryl methyl sites for hydroxylation is 1. The van der Waals surface area contributed by atoms with Crippen LogP contribution in [0.3, 0.4) is 0 Å². The zero-order valence-corrected chi connectivity index (χ0v) is 13.8. The van der Waals surface area contributed by atoms with Crippen LogP contribution in [0.4, 0.5) is 8.78 Å². The molecule has 0 nitrogen and oxygen atoms in total. The van der Waals surface area contributed by atoms with E-state index in [1.165, 1.54) is 0 Å². The zero-order chi connectivity index (χ0) is 14.2. The minimum Gasteiger partial charge on any atom is -0.204 e. The average molecular weight is 410 g/mol. The van der Waals surface area contributed by atoms with E-state index < -0.39 is 11.6 Å². The largest absolute Gasteiger partial charge is 0.204 e. The van der Waals surface area contributed by atoms with Crippen LogP contribution in [-0.2, 0) is 0 Å². The lowest BCUT2D eigenvalue weighted by molar-refractivity contribution is 0.507. The molecule has 0 fully saturated rings. The first-order valence-corrected chi connectivity index (χ1v) is 7.53. The van der Waals surface area contributed by atoms with Crippen molar-refractivity contribution in [3.63, 3.8) is 0 Å². The molecule has 1 unspecified atom stereocenters. The SMILES string of the molecule is Cc1ccc(Br)c(C(Br)c2cc(F)c(F)cc2Cl)c1. The second-order valence-corrected chi connectivity index (χ2v) is 6.35. The highest BCUT2D eigenvalue weighted by Gasteiger charge is 2.19. The second kappa shape index (κ2) is 5.90. The molecule has 2 aromatic carbocycles. The summed E-state index contributed by atoms with van der Waals surface area (Å²) in [6, 6.07) is 7.93. The molecule has 0 bridgehead atoms. The first-order valence-electron chi connectivity index (χ1n) is 5.44. The van der Waals surface area contributed by atoms with Crippen molar-refractivity contribution in [1.29, 1.82) is 0 Å². The summed E-state index contributed by atoms with van der Waals surface area (Å²) in [5.41, 5.74) is 2.47. The Labute approximate surface area is 132 Å². The summed E-state index contributed by atoms with van der Waals surface area (Å²) >= 11 is 12.9. The van der Waals surface area contributed by atoms with E-state index in [0.717, 1.165) is 27.7 Å². The maximum atomic E-state index is 13.3. The molecule has 2 aromatic rings. The van der Waals surface area contributed by atoms with Gasteiger partial charge in [-0.3, -0.25) is 0 Å². The third-order valence-electron chi connectivity index (χ3n) is 2.74. The average Bonchev–Trinajstić information content (AvgIpc) is 2.36. The molecule has 0 aromatic heterocycles. The maximum Gasteiger partial charge on any atom is 0.160 e. The Hall–Kier alpha value is -0.450. The molecule has 0 spiro atoms. The Morgan fingerprint density at radius 2 is 1.68 bits per heavy atom. The Balaban J connectivity index is 2.52. The van der Waals surface area contributed by atoms with Gasteiger partial charge >= 0.3 is 0 Å². The monoisotopic (exact) mass is 408 g/mol. The standard InChI is InChI=1S/C14H9Br2ClF2/c1-7-2-3-10(15)8(4-7)14(16)9-5-12(18)13(19)6-11(9)17/h2-6,14H,1H3. The molecule has 1 atom stereocenters. The van der Waals surface area contributed by atoms with Crippen molar-refractivity contribution < 1.29 is 8.78 Å². The van der Waals surface area contributed by atoms with Gasteiger partial charge in [0.2, 0.25) is 0 Å². The van der Waals surface area contributed by atoms with E-state index in [4.69, 9.17) is 11.6 Å². The summed E-state index contributed by atoms with van der Waals surface area (Å²) in [5, 5.41) is 0.189. The van der Waals surface area contributed by atoms with Gasteiger partial charge in [-0.05, 0) is 36.2 Å². The van der Waals surface area contributed by atoms with Gasteiger partial charge in [-0.25, -0.2) is 8.78 Å². The fourth-order valence-electron chi connectivity index (χ4n) is 1.76. The van der Waals surface area contributed by atoms with Gasteiger partial charge in [-0.15, -0.1) is 0 Å². The Morgan fingerprint density at radius 1 is 1.05 bits per heavy atom. The van der Waals surface area contributed by atoms with Gasteiger partial charge in [0.05, 0.1) is 4.83 Å². The van der Waals surface area contributed by atoms with E-state index in [1.807, 2.05) is 25.1 Å². The summed E-state index contributed by atoms with van der Waals surface area (Å²) < 4.78 is 27.3. The summed E-state index contributed by atoms with van der Waals surface area (Å²) in [5.74, 6) is -1.86. The number of halogens is 5. The maximum absolute atomic E-state index is 13.3. The van der Waals surface area contributed by atoms with Crippen molar-refractivity contribution >= 4 is 43.5 Å². The minimum atomic E-state index is -0.947. The fraction of sp³-hybridized carbons (Fsp3) is 0.143. The van der Waals surface area contributed by atoms with E-state index in [1.54, 1.807) is 0 Å². The van der Waals surface area contributed by atoms with Crippen LogP contribution < -0.4 is 0 Å². The molecule has 0 heterocycles. The summed E-state index contributed by atoms with van der Waals surface area (Å²) in [6.07, 6.45) is 0. The van der Waals surface area contributed by atoms with Crippen LogP contribution in [0.2, 0.25) is 5.02 Å². The van der Waals surface area contributed by atoms with Crippen molar-refractivity contribution in [3.05, 3.63) is 68.2 Å². The molecule has 5 heteroatoms. The molecular weight excluding hydrogens is 401 g/mol. The van der Waals surface area contributed by atoms with Gasteiger partial charge < -0.3 is 0 Å². The molecule has 2 rings (SSSR count). The van der Waals surface area contributed by atoms with Gasteiger partial charge in [-0.2, -0.15) is 0 Å². The van der Waals surface area contributed by atoms with E-state index in [-0.39, 0.29) is 9.85 Å². The molecule has 0 aliphatic rings. The Kier molecular flexibility index (Phi) is 4.64. The van der Waals surface area contributed by atoms with E-state index in [9.17, 15) is 8.78 Å². The van der Waals surface area contributed by atoms with Gasteiger partial charge in [0, 0.05) is 9.50 Å². The zero-order valence-electron chi connectivity index (χ0n) is 9.85. The van der Waals surface area contributed by atoms with Crippen LogP contribution in [0.25, 0.3) is 0 Å². The number of hydrogen-bond donors (Lipinski definition) is 0. The van der Waals surface area contributed by atoms with Crippen LogP contribution in [0.1, 0.15) is 21.5 Å². The highest BCUT2D eigenvalue weighted by molar-refractivity contribution is 9.11. The van der Waals surface area contributed by atoms with Crippen LogP contribution >= 0.6 is 43.5 Å². The van der Waals surface area contributed by atoms with Gasteiger partial charge in [0.15, 0.2) is 11.6 Å². The molecule has 0 saturated carbocycles. The number of benzene rings is 2. The highest BCUT2D eigenvalue weighted by Crippen LogP contribution is 2.39. The number of alkyl halides is 1. The van der Waals surface area contributed by atoms with Crippen molar-refractivity contribution in [2.45, 2.75) is 11.8 Å². The first-order chi connectivity index (χ1) is 8.90. The molecule has 100 valence electrons. The minimum absolute atomic E-state index is 0.189. The fourth-order valence-corrected chi connectivity index (χ4v) is 3.69. The normalized spacial score (nSPS) is 12.5. The van der Waals surface area contributed by atoms with Crippen LogP contribution in [0.5, 0.6) is 0 Å². The Morgan fingerprint density at radius 3 is 2.37 bits per heavy atom. The van der Waals surface area contributed by atoms with Crippen molar-refractivity contribution in [2.75, 3.05) is 0 Å². The molecule has 0 radical (unpaired) electrons. The van der Waals surface area contributed by atoms with E-state index in [2.05, 4.69) is 31.9 Å². The number of hydrogen-bond acceptors (Lipinski definition) is 0. The molecule has 0 aliphatic carbocycles. The number of rotatable bonds is 2. The van der Waals surface area contributed by atoms with E-state index in [0.29, 0.717) is 5.56 Å². The summed E-state index contributed by atoms with van der Waals surface area (Å²) in [6.45, 7) is 1.96. The summed E-state index contributed by atoms with van der Waals surface area (Å²) in [4.78, 5) is -0.315. The second-order valence-electron chi connectivity index (χ2n) is 4.18. The third-order valence-corrected chi connectivity index (χ3v) is 4.77. The molecule has 19 heavy (non-hydrogen) atoms. The molecular formula is C14H9Br2ClF2. The molecule has 0 N–H and O–H groups in total. The van der Waals surface area contributed by atoms with Gasteiger partial charge in [0.1, 0.15) is 0 Å². The topological polar surface area (TPSA) is 0 Å². The Bertz CT molecular complexity index is 629. The molecule has 0 amide bonds. The van der Waals surface area contributed by atoms with Crippen molar-refractivity contribution in [1.82, 2.24) is 0 Å². The lowest BCUT2D eigenvalue weighted by Gasteiger charge is -2.15. The van der Waals surface area contributed by atoms with Crippen LogP contribution in [0.15, 0.2) is 34.8 Å². The van der Waals surface area contributed by atoms with E-state index >= 15 is 0 Å². The highest BCUT2D eigenvalue weighted by atomic mass is 79.9. The predicted molar refractivity (Wildman–Crippen MR) is 81.0 cm³/mol.